The van der Waals surface area contributed by atoms with Gasteiger partial charge in [0.1, 0.15) is 6.04 Å². The highest BCUT2D eigenvalue weighted by Crippen LogP contribution is 2.08. The van der Waals surface area contributed by atoms with Crippen molar-refractivity contribution in [1.82, 2.24) is 5.32 Å². The molecular weight excluding hydrogens is 170 g/mol. The normalized spacial score (nSPS) is 14.2. The van der Waals surface area contributed by atoms with E-state index in [9.17, 15) is 4.79 Å². The van der Waals surface area contributed by atoms with Gasteiger partial charge in [-0.3, -0.25) is 10.1 Å². The Morgan fingerprint density at radius 1 is 1.62 bits per heavy atom. The highest BCUT2D eigenvalue weighted by atomic mass is 16.5. The number of hydrogen-bond donors (Lipinski definition) is 2. The number of carbonyl (C=O) groups is 1. The molecule has 0 aromatic rings. The summed E-state index contributed by atoms with van der Waals surface area (Å²) in [5.41, 5.74) is -0.165. The van der Waals surface area contributed by atoms with E-state index >= 15 is 0 Å². The summed E-state index contributed by atoms with van der Waals surface area (Å²) in [6.07, 6.45) is 0.875. The molecule has 4 nitrogen and oxygen atoms in total. The Morgan fingerprint density at radius 2 is 2.15 bits per heavy atom. The molecule has 4 heteroatoms. The van der Waals surface area contributed by atoms with Gasteiger partial charge >= 0.3 is 5.97 Å². The van der Waals surface area contributed by atoms with Gasteiger partial charge in [-0.2, -0.15) is 0 Å². The number of methoxy groups -OCH3 is 1. The van der Waals surface area contributed by atoms with Crippen LogP contribution in [0.4, 0.5) is 0 Å². The third-order valence-corrected chi connectivity index (χ3v) is 2.08. The molecule has 0 aliphatic carbocycles. The zero-order valence-electron chi connectivity index (χ0n) is 8.76. The van der Waals surface area contributed by atoms with Crippen molar-refractivity contribution in [2.75, 3.05) is 13.7 Å². The molecule has 0 amide bonds. The zero-order valence-corrected chi connectivity index (χ0v) is 8.76. The van der Waals surface area contributed by atoms with Gasteiger partial charge in [0.15, 0.2) is 0 Å². The van der Waals surface area contributed by atoms with Gasteiger partial charge < -0.3 is 9.84 Å². The van der Waals surface area contributed by atoms with Gasteiger partial charge in [0.25, 0.3) is 0 Å². The van der Waals surface area contributed by atoms with Crippen LogP contribution in [0.25, 0.3) is 0 Å². The van der Waals surface area contributed by atoms with Crippen molar-refractivity contribution in [2.45, 2.75) is 38.8 Å². The molecule has 2 N–H and O–H groups in total. The first-order chi connectivity index (χ1) is 5.93. The molecule has 0 aromatic heterocycles. The molecule has 0 aliphatic heterocycles. The van der Waals surface area contributed by atoms with Crippen LogP contribution >= 0.6 is 0 Å². The van der Waals surface area contributed by atoms with Gasteiger partial charge in [-0.25, -0.2) is 0 Å². The van der Waals surface area contributed by atoms with Crippen molar-refractivity contribution < 1.29 is 14.6 Å². The number of ether oxygens (including phenoxy) is 1. The largest absolute Gasteiger partial charge is 0.480 e. The maximum atomic E-state index is 10.7. The van der Waals surface area contributed by atoms with Crippen LogP contribution in [0.15, 0.2) is 0 Å². The van der Waals surface area contributed by atoms with E-state index in [1.54, 1.807) is 0 Å². The summed E-state index contributed by atoms with van der Waals surface area (Å²) < 4.78 is 4.81. The summed E-state index contributed by atoms with van der Waals surface area (Å²) in [6, 6.07) is -0.625. The van der Waals surface area contributed by atoms with Crippen molar-refractivity contribution >= 4 is 5.97 Å². The summed E-state index contributed by atoms with van der Waals surface area (Å²) in [7, 11) is 1.50. The molecule has 78 valence electrons. The number of aliphatic carboxylic acids is 1. The highest BCUT2D eigenvalue weighted by molar-refractivity contribution is 5.73. The van der Waals surface area contributed by atoms with E-state index in [-0.39, 0.29) is 12.1 Å². The molecule has 0 aromatic carbocycles. The first-order valence-electron chi connectivity index (χ1n) is 4.42. The van der Waals surface area contributed by atoms with Gasteiger partial charge in [0, 0.05) is 12.6 Å². The number of rotatable bonds is 6. The lowest BCUT2D eigenvalue weighted by Crippen LogP contribution is -2.51. The third-order valence-electron chi connectivity index (χ3n) is 2.08. The van der Waals surface area contributed by atoms with Crippen LogP contribution in [0, 0.1) is 0 Å². The Kier molecular flexibility index (Phi) is 4.95. The molecule has 13 heavy (non-hydrogen) atoms. The standard InChI is InChI=1S/C9H19NO3/c1-5-9(2,3)10-7(6-13-4)8(11)12/h7,10H,5-6H2,1-4H3,(H,11,12). The predicted molar refractivity (Wildman–Crippen MR) is 50.8 cm³/mol. The summed E-state index contributed by atoms with van der Waals surface area (Å²) in [4.78, 5) is 10.7. The smallest absolute Gasteiger partial charge is 0.323 e. The molecule has 0 saturated heterocycles. The van der Waals surface area contributed by atoms with Gasteiger partial charge in [-0.05, 0) is 20.3 Å². The number of nitrogens with one attached hydrogen (secondary N) is 1. The Bertz CT molecular complexity index is 168. The molecule has 1 atom stereocenters. The molecule has 0 spiro atoms. The summed E-state index contributed by atoms with van der Waals surface area (Å²) >= 11 is 0. The molecule has 0 saturated carbocycles. The van der Waals surface area contributed by atoms with E-state index in [1.807, 2.05) is 20.8 Å². The second kappa shape index (κ2) is 5.19. The van der Waals surface area contributed by atoms with Crippen molar-refractivity contribution in [2.24, 2.45) is 0 Å². The SMILES string of the molecule is CCC(C)(C)NC(COC)C(=O)O. The number of carboxylic acids is 1. The molecule has 1 unspecified atom stereocenters. The number of carboxylic acid groups (broad SMARTS) is 1. The minimum atomic E-state index is -0.872. The van der Waals surface area contributed by atoms with E-state index in [4.69, 9.17) is 9.84 Å². The first kappa shape index (κ1) is 12.4. The lowest BCUT2D eigenvalue weighted by Gasteiger charge is -2.28. The molecule has 0 bridgehead atoms. The van der Waals surface area contributed by atoms with Crippen LogP contribution in [-0.4, -0.2) is 36.4 Å². The van der Waals surface area contributed by atoms with E-state index in [1.165, 1.54) is 7.11 Å². The minimum absolute atomic E-state index is 0.165. The molecule has 0 aliphatic rings. The van der Waals surface area contributed by atoms with E-state index in [0.717, 1.165) is 6.42 Å². The van der Waals surface area contributed by atoms with Crippen molar-refractivity contribution in [1.29, 1.82) is 0 Å². The minimum Gasteiger partial charge on any atom is -0.480 e. The quantitative estimate of drug-likeness (QED) is 0.650. The fraction of sp³-hybridized carbons (Fsp3) is 0.889. The van der Waals surface area contributed by atoms with Gasteiger partial charge in [-0.15, -0.1) is 0 Å². The van der Waals surface area contributed by atoms with Crippen LogP contribution in [-0.2, 0) is 9.53 Å². The van der Waals surface area contributed by atoms with Crippen molar-refractivity contribution in [3.8, 4) is 0 Å². The Morgan fingerprint density at radius 3 is 2.46 bits per heavy atom. The Balaban J connectivity index is 4.17. The maximum Gasteiger partial charge on any atom is 0.323 e. The monoisotopic (exact) mass is 189 g/mol. The molecule has 0 heterocycles. The summed E-state index contributed by atoms with van der Waals surface area (Å²) in [6.45, 7) is 6.15. The van der Waals surface area contributed by atoms with Gasteiger partial charge in [-0.1, -0.05) is 6.92 Å². The van der Waals surface area contributed by atoms with Crippen LogP contribution in [0.2, 0.25) is 0 Å². The lowest BCUT2D eigenvalue weighted by atomic mass is 10.0. The molecule has 0 fully saturated rings. The van der Waals surface area contributed by atoms with E-state index in [0.29, 0.717) is 0 Å². The molecule has 0 rings (SSSR count). The topological polar surface area (TPSA) is 58.6 Å². The third kappa shape index (κ3) is 4.85. The van der Waals surface area contributed by atoms with E-state index in [2.05, 4.69) is 5.32 Å². The van der Waals surface area contributed by atoms with Crippen molar-refractivity contribution in [3.63, 3.8) is 0 Å². The highest BCUT2D eigenvalue weighted by Gasteiger charge is 2.24. The van der Waals surface area contributed by atoms with Crippen LogP contribution in [0.5, 0.6) is 0 Å². The first-order valence-corrected chi connectivity index (χ1v) is 4.42. The van der Waals surface area contributed by atoms with Crippen LogP contribution < -0.4 is 5.32 Å². The van der Waals surface area contributed by atoms with E-state index < -0.39 is 12.0 Å². The second-order valence-corrected chi connectivity index (χ2v) is 3.73. The van der Waals surface area contributed by atoms with Gasteiger partial charge in [0.2, 0.25) is 0 Å². The second-order valence-electron chi connectivity index (χ2n) is 3.73. The Labute approximate surface area is 79.3 Å². The summed E-state index contributed by atoms with van der Waals surface area (Å²) in [5.74, 6) is -0.872. The lowest BCUT2D eigenvalue weighted by molar-refractivity contribution is -0.141. The average molecular weight is 189 g/mol. The van der Waals surface area contributed by atoms with Gasteiger partial charge in [0.05, 0.1) is 6.61 Å². The van der Waals surface area contributed by atoms with Crippen molar-refractivity contribution in [3.05, 3.63) is 0 Å². The zero-order chi connectivity index (χ0) is 10.5. The molecular formula is C9H19NO3. The maximum absolute atomic E-state index is 10.7. The number of hydrogen-bond acceptors (Lipinski definition) is 3. The fourth-order valence-corrected chi connectivity index (χ4v) is 0.915. The average Bonchev–Trinajstić information content (AvgIpc) is 2.03. The fourth-order valence-electron chi connectivity index (χ4n) is 0.915. The Hall–Kier alpha value is -0.610. The summed E-state index contributed by atoms with van der Waals surface area (Å²) in [5, 5.41) is 11.8. The predicted octanol–water partition coefficient (Wildman–Crippen LogP) is 0.864. The van der Waals surface area contributed by atoms with Crippen LogP contribution in [0.1, 0.15) is 27.2 Å². The van der Waals surface area contributed by atoms with Crippen LogP contribution in [0.3, 0.4) is 0 Å². The molecule has 0 radical (unpaired) electrons.